The lowest BCUT2D eigenvalue weighted by Gasteiger charge is -2.19. The fraction of sp³-hybridized carbons (Fsp3) is 0.500. The van der Waals surface area contributed by atoms with E-state index in [1.807, 2.05) is 0 Å². The Balaban J connectivity index is 2.49. The van der Waals surface area contributed by atoms with Crippen molar-refractivity contribution >= 4 is 11.8 Å². The molecule has 2 N–H and O–H groups in total. The second-order valence-corrected chi connectivity index (χ2v) is 5.13. The largest absolute Gasteiger partial charge is 0.384 e. The average Bonchev–Trinajstić information content (AvgIpc) is 2.29. The van der Waals surface area contributed by atoms with Crippen LogP contribution in [0, 0.1) is 5.82 Å². The molecule has 0 aliphatic carbocycles. The van der Waals surface area contributed by atoms with Crippen LogP contribution in [0.4, 0.5) is 4.39 Å². The Morgan fingerprint density at radius 3 is 2.56 bits per heavy atom. The van der Waals surface area contributed by atoms with Crippen LogP contribution >= 0.6 is 11.8 Å². The van der Waals surface area contributed by atoms with Crippen molar-refractivity contribution < 1.29 is 9.13 Å². The molecule has 4 heteroatoms. The van der Waals surface area contributed by atoms with Gasteiger partial charge in [-0.25, -0.2) is 4.39 Å². The molecule has 0 amide bonds. The molecule has 0 saturated heterocycles. The number of thioether (sulfide) groups is 1. The Labute approximate surface area is 100 Å². The van der Waals surface area contributed by atoms with Gasteiger partial charge in [0.25, 0.3) is 0 Å². The van der Waals surface area contributed by atoms with Crippen molar-refractivity contribution in [2.45, 2.75) is 18.2 Å². The van der Waals surface area contributed by atoms with E-state index in [2.05, 4.69) is 6.92 Å². The Morgan fingerprint density at radius 1 is 1.38 bits per heavy atom. The van der Waals surface area contributed by atoms with Crippen LogP contribution in [-0.4, -0.2) is 24.7 Å². The first-order valence-electron chi connectivity index (χ1n) is 5.26. The maximum absolute atomic E-state index is 12.7. The van der Waals surface area contributed by atoms with Crippen molar-refractivity contribution in [3.05, 3.63) is 35.6 Å². The molecule has 0 spiro atoms. The van der Waals surface area contributed by atoms with E-state index in [0.717, 1.165) is 17.9 Å². The third-order valence-corrected chi connectivity index (χ3v) is 3.65. The van der Waals surface area contributed by atoms with E-state index in [9.17, 15) is 4.39 Å². The number of hydrogen-bond acceptors (Lipinski definition) is 3. The third-order valence-electron chi connectivity index (χ3n) is 2.43. The average molecular weight is 243 g/mol. The Hall–Kier alpha value is -0.580. The summed E-state index contributed by atoms with van der Waals surface area (Å²) >= 11 is 1.76. The molecule has 1 rings (SSSR count). The molecule has 1 aromatic carbocycles. The molecule has 2 unspecified atom stereocenters. The zero-order chi connectivity index (χ0) is 12.0. The van der Waals surface area contributed by atoms with Gasteiger partial charge in [0.1, 0.15) is 5.82 Å². The molecule has 0 bridgehead atoms. The van der Waals surface area contributed by atoms with Crippen LogP contribution in [0.2, 0.25) is 0 Å². The standard InChI is InChI=1S/C12H18FNOS/c1-9(16-8-7-15-2)12(14)10-3-5-11(13)6-4-10/h3-6,9,12H,7-8,14H2,1-2H3. The van der Waals surface area contributed by atoms with Gasteiger partial charge in [-0.15, -0.1) is 0 Å². The van der Waals surface area contributed by atoms with Gasteiger partial charge in [0, 0.05) is 24.2 Å². The van der Waals surface area contributed by atoms with Gasteiger partial charge in [0.2, 0.25) is 0 Å². The highest BCUT2D eigenvalue weighted by atomic mass is 32.2. The molecule has 0 fully saturated rings. The smallest absolute Gasteiger partial charge is 0.123 e. The van der Waals surface area contributed by atoms with E-state index in [-0.39, 0.29) is 11.9 Å². The molecule has 0 aromatic heterocycles. The molecule has 1 aromatic rings. The van der Waals surface area contributed by atoms with Crippen LogP contribution in [0.1, 0.15) is 18.5 Å². The molecule has 0 saturated carbocycles. The van der Waals surface area contributed by atoms with E-state index in [1.165, 1.54) is 12.1 Å². The highest BCUT2D eigenvalue weighted by Crippen LogP contribution is 2.24. The van der Waals surface area contributed by atoms with Crippen molar-refractivity contribution in [1.82, 2.24) is 0 Å². The number of nitrogens with two attached hydrogens (primary N) is 1. The van der Waals surface area contributed by atoms with Crippen molar-refractivity contribution in [2.75, 3.05) is 19.5 Å². The first kappa shape index (κ1) is 13.5. The zero-order valence-corrected chi connectivity index (χ0v) is 10.5. The lowest BCUT2D eigenvalue weighted by atomic mass is 10.1. The summed E-state index contributed by atoms with van der Waals surface area (Å²) in [6, 6.07) is 6.31. The summed E-state index contributed by atoms with van der Waals surface area (Å²) in [6.45, 7) is 2.81. The topological polar surface area (TPSA) is 35.2 Å². The monoisotopic (exact) mass is 243 g/mol. The predicted octanol–water partition coefficient (Wildman–Crippen LogP) is 2.59. The summed E-state index contributed by atoms with van der Waals surface area (Å²) < 4.78 is 17.7. The Morgan fingerprint density at radius 2 is 2.00 bits per heavy atom. The highest BCUT2D eigenvalue weighted by Gasteiger charge is 2.14. The summed E-state index contributed by atoms with van der Waals surface area (Å²) in [7, 11) is 1.69. The fourth-order valence-electron chi connectivity index (χ4n) is 1.38. The summed E-state index contributed by atoms with van der Waals surface area (Å²) in [5.74, 6) is 0.697. The third kappa shape index (κ3) is 4.12. The van der Waals surface area contributed by atoms with Crippen LogP contribution < -0.4 is 5.73 Å². The molecule has 16 heavy (non-hydrogen) atoms. The summed E-state index contributed by atoms with van der Waals surface area (Å²) in [5, 5.41) is 0.292. The minimum atomic E-state index is -0.226. The molecule has 2 atom stereocenters. The van der Waals surface area contributed by atoms with Crippen LogP contribution in [0.25, 0.3) is 0 Å². The molecule has 0 aliphatic heterocycles. The van der Waals surface area contributed by atoms with E-state index >= 15 is 0 Å². The first-order valence-corrected chi connectivity index (χ1v) is 6.31. The lowest BCUT2D eigenvalue weighted by Crippen LogP contribution is -2.21. The van der Waals surface area contributed by atoms with E-state index in [1.54, 1.807) is 31.0 Å². The van der Waals surface area contributed by atoms with Crippen molar-refractivity contribution in [1.29, 1.82) is 0 Å². The van der Waals surface area contributed by atoms with Gasteiger partial charge in [0.15, 0.2) is 0 Å². The number of methoxy groups -OCH3 is 1. The van der Waals surface area contributed by atoms with Crippen molar-refractivity contribution in [3.63, 3.8) is 0 Å². The minimum absolute atomic E-state index is 0.0672. The molecule has 0 heterocycles. The fourth-order valence-corrected chi connectivity index (χ4v) is 2.38. The van der Waals surface area contributed by atoms with Crippen molar-refractivity contribution in [3.8, 4) is 0 Å². The number of hydrogen-bond donors (Lipinski definition) is 1. The van der Waals surface area contributed by atoms with E-state index in [4.69, 9.17) is 10.5 Å². The van der Waals surface area contributed by atoms with Crippen LogP contribution in [-0.2, 0) is 4.74 Å². The Kier molecular flexibility index (Phi) is 5.80. The van der Waals surface area contributed by atoms with Crippen LogP contribution in [0.15, 0.2) is 24.3 Å². The maximum atomic E-state index is 12.7. The quantitative estimate of drug-likeness (QED) is 0.780. The number of halogens is 1. The molecular weight excluding hydrogens is 225 g/mol. The lowest BCUT2D eigenvalue weighted by molar-refractivity contribution is 0.218. The second kappa shape index (κ2) is 6.89. The molecular formula is C12H18FNOS. The maximum Gasteiger partial charge on any atom is 0.123 e. The molecule has 2 nitrogen and oxygen atoms in total. The normalized spacial score (nSPS) is 14.8. The van der Waals surface area contributed by atoms with Gasteiger partial charge in [-0.05, 0) is 17.7 Å². The van der Waals surface area contributed by atoms with Crippen molar-refractivity contribution in [2.24, 2.45) is 5.73 Å². The molecule has 90 valence electrons. The molecule has 0 radical (unpaired) electrons. The van der Waals surface area contributed by atoms with Gasteiger partial charge < -0.3 is 10.5 Å². The van der Waals surface area contributed by atoms with Gasteiger partial charge in [-0.2, -0.15) is 11.8 Å². The van der Waals surface area contributed by atoms with E-state index in [0.29, 0.717) is 5.25 Å². The van der Waals surface area contributed by atoms with Gasteiger partial charge in [0.05, 0.1) is 6.61 Å². The van der Waals surface area contributed by atoms with Crippen LogP contribution in [0.5, 0.6) is 0 Å². The van der Waals surface area contributed by atoms with Gasteiger partial charge in [-0.3, -0.25) is 0 Å². The second-order valence-electron chi connectivity index (χ2n) is 3.65. The number of rotatable bonds is 6. The highest BCUT2D eigenvalue weighted by molar-refractivity contribution is 7.99. The SMILES string of the molecule is COCCSC(C)C(N)c1ccc(F)cc1. The predicted molar refractivity (Wildman–Crippen MR) is 67.1 cm³/mol. The van der Waals surface area contributed by atoms with E-state index < -0.39 is 0 Å². The summed E-state index contributed by atoms with van der Waals surface area (Å²) in [5.41, 5.74) is 7.06. The van der Waals surface area contributed by atoms with Crippen LogP contribution in [0.3, 0.4) is 0 Å². The zero-order valence-electron chi connectivity index (χ0n) is 9.65. The Bertz CT molecular complexity index is 304. The van der Waals surface area contributed by atoms with Gasteiger partial charge in [-0.1, -0.05) is 19.1 Å². The van der Waals surface area contributed by atoms with Gasteiger partial charge >= 0.3 is 0 Å². The minimum Gasteiger partial charge on any atom is -0.384 e. The summed E-state index contributed by atoms with van der Waals surface area (Å²) in [4.78, 5) is 0. The summed E-state index contributed by atoms with van der Waals surface area (Å²) in [6.07, 6.45) is 0. The first-order chi connectivity index (χ1) is 7.65. The number of ether oxygens (including phenoxy) is 1. The molecule has 0 aliphatic rings. The number of benzene rings is 1.